The highest BCUT2D eigenvalue weighted by Gasteiger charge is 2.16. The monoisotopic (exact) mass is 497 g/mol. The summed E-state index contributed by atoms with van der Waals surface area (Å²) in [6.07, 6.45) is 0.916. The normalized spacial score (nSPS) is 10.6. The molecule has 0 unspecified atom stereocenters. The zero-order chi connectivity index (χ0) is 22.8. The zero-order valence-electron chi connectivity index (χ0n) is 18.3. The number of carbonyl (C=O) groups is 1. The number of amides is 1. The summed E-state index contributed by atoms with van der Waals surface area (Å²) in [4.78, 5) is 13.1. The van der Waals surface area contributed by atoms with Gasteiger partial charge in [-0.05, 0) is 54.8 Å². The van der Waals surface area contributed by atoms with Gasteiger partial charge in [0.2, 0.25) is 0 Å². The lowest BCUT2D eigenvalue weighted by atomic mass is 10.1. The van der Waals surface area contributed by atoms with E-state index in [-0.39, 0.29) is 5.91 Å². The molecule has 3 aromatic carbocycles. The third-order valence-corrected chi connectivity index (χ3v) is 5.12. The fourth-order valence-electron chi connectivity index (χ4n) is 2.92. The number of benzene rings is 3. The van der Waals surface area contributed by atoms with Gasteiger partial charge in [-0.15, -0.1) is 0 Å². The first-order valence-corrected chi connectivity index (χ1v) is 11.5. The Kier molecular flexibility index (Phi) is 8.99. The lowest BCUT2D eigenvalue weighted by molar-refractivity contribution is 0.102. The van der Waals surface area contributed by atoms with Crippen molar-refractivity contribution in [2.24, 2.45) is 5.92 Å². The molecule has 0 saturated heterocycles. The zero-order valence-corrected chi connectivity index (χ0v) is 19.9. The lowest BCUT2D eigenvalue weighted by Gasteiger charge is -2.15. The predicted molar refractivity (Wildman–Crippen MR) is 131 cm³/mol. The number of carbonyl (C=O) groups excluding carboxylic acids is 1. The number of para-hydroxylation sites is 3. The van der Waals surface area contributed by atoms with Crippen LogP contribution in [0.25, 0.3) is 0 Å². The number of nitrogens with one attached hydrogen (secondary N) is 1. The van der Waals surface area contributed by atoms with Crippen molar-refractivity contribution in [3.8, 4) is 17.2 Å². The second-order valence-electron chi connectivity index (χ2n) is 7.63. The van der Waals surface area contributed by atoms with Crippen LogP contribution in [0.3, 0.4) is 0 Å². The maximum absolute atomic E-state index is 13.1. The molecule has 6 heteroatoms. The average molecular weight is 498 g/mol. The van der Waals surface area contributed by atoms with E-state index in [2.05, 4.69) is 35.1 Å². The number of rotatable bonds is 11. The molecular weight excluding hydrogens is 470 g/mol. The summed E-state index contributed by atoms with van der Waals surface area (Å²) in [6, 6.07) is 22.3. The molecule has 5 nitrogen and oxygen atoms in total. The fourth-order valence-corrected chi connectivity index (χ4v) is 3.28. The quantitative estimate of drug-likeness (QED) is 0.303. The smallest absolute Gasteiger partial charge is 0.259 e. The number of hydrogen-bond acceptors (Lipinski definition) is 4. The van der Waals surface area contributed by atoms with E-state index in [9.17, 15) is 4.79 Å². The minimum atomic E-state index is -0.262. The molecule has 168 valence electrons. The van der Waals surface area contributed by atoms with Crippen molar-refractivity contribution >= 4 is 27.5 Å². The number of anilines is 1. The van der Waals surface area contributed by atoms with Gasteiger partial charge in [0.05, 0.1) is 17.9 Å². The van der Waals surface area contributed by atoms with Crippen LogP contribution >= 0.6 is 15.9 Å². The van der Waals surface area contributed by atoms with Gasteiger partial charge in [0.1, 0.15) is 30.5 Å². The number of hydrogen-bond donors (Lipinski definition) is 1. The van der Waals surface area contributed by atoms with Crippen LogP contribution in [0.5, 0.6) is 17.2 Å². The molecule has 1 amide bonds. The highest BCUT2D eigenvalue weighted by Crippen LogP contribution is 2.28. The number of halogens is 1. The van der Waals surface area contributed by atoms with Crippen LogP contribution in [0.4, 0.5) is 5.69 Å². The molecule has 0 atom stereocenters. The SMILES string of the molecule is CC(C)CCOc1ccc(Br)cc1C(=O)Nc1ccccc1OCCOc1ccccc1. The summed E-state index contributed by atoms with van der Waals surface area (Å²) >= 11 is 3.44. The van der Waals surface area contributed by atoms with E-state index in [0.29, 0.717) is 48.5 Å². The standard InChI is InChI=1S/C26H28BrNO4/c1-19(2)14-15-31-24-13-12-20(27)18-22(24)26(29)28-23-10-6-7-11-25(23)32-17-16-30-21-8-4-3-5-9-21/h3-13,18-19H,14-17H2,1-2H3,(H,28,29). The second-order valence-corrected chi connectivity index (χ2v) is 8.55. The fraction of sp³-hybridized carbons (Fsp3) is 0.269. The first-order chi connectivity index (χ1) is 15.5. The summed E-state index contributed by atoms with van der Waals surface area (Å²) in [5.41, 5.74) is 1.05. The van der Waals surface area contributed by atoms with Crippen LogP contribution in [-0.4, -0.2) is 25.7 Å². The Morgan fingerprint density at radius 2 is 1.53 bits per heavy atom. The summed E-state index contributed by atoms with van der Waals surface area (Å²) in [5.74, 6) is 2.19. The largest absolute Gasteiger partial charge is 0.493 e. The van der Waals surface area contributed by atoms with E-state index in [0.717, 1.165) is 16.6 Å². The van der Waals surface area contributed by atoms with Crippen LogP contribution in [-0.2, 0) is 0 Å². The molecule has 0 aliphatic carbocycles. The Bertz CT molecular complexity index is 1010. The molecule has 0 aliphatic heterocycles. The molecule has 0 aliphatic rings. The third kappa shape index (κ3) is 7.31. The van der Waals surface area contributed by atoms with Gasteiger partial charge in [0, 0.05) is 4.47 Å². The minimum Gasteiger partial charge on any atom is -0.493 e. The van der Waals surface area contributed by atoms with Crippen LogP contribution in [0, 0.1) is 5.92 Å². The topological polar surface area (TPSA) is 56.8 Å². The van der Waals surface area contributed by atoms with Crippen molar-refractivity contribution in [3.05, 3.63) is 82.8 Å². The first-order valence-electron chi connectivity index (χ1n) is 10.7. The van der Waals surface area contributed by atoms with Gasteiger partial charge in [0.15, 0.2) is 0 Å². The molecule has 3 rings (SSSR count). The van der Waals surface area contributed by atoms with Gasteiger partial charge in [-0.25, -0.2) is 0 Å². The second kappa shape index (κ2) is 12.2. The van der Waals surface area contributed by atoms with E-state index in [1.807, 2.05) is 66.7 Å². The molecular formula is C26H28BrNO4. The van der Waals surface area contributed by atoms with E-state index < -0.39 is 0 Å². The van der Waals surface area contributed by atoms with Crippen molar-refractivity contribution in [3.63, 3.8) is 0 Å². The van der Waals surface area contributed by atoms with Gasteiger partial charge in [-0.3, -0.25) is 4.79 Å². The van der Waals surface area contributed by atoms with Crippen molar-refractivity contribution in [2.75, 3.05) is 25.1 Å². The highest BCUT2D eigenvalue weighted by atomic mass is 79.9. The molecule has 32 heavy (non-hydrogen) atoms. The van der Waals surface area contributed by atoms with Crippen LogP contribution in [0.2, 0.25) is 0 Å². The van der Waals surface area contributed by atoms with E-state index in [1.165, 1.54) is 0 Å². The first kappa shape index (κ1) is 23.7. The van der Waals surface area contributed by atoms with Crippen molar-refractivity contribution < 1.29 is 19.0 Å². The highest BCUT2D eigenvalue weighted by molar-refractivity contribution is 9.10. The van der Waals surface area contributed by atoms with Gasteiger partial charge in [-0.1, -0.05) is 60.1 Å². The summed E-state index contributed by atoms with van der Waals surface area (Å²) in [6.45, 7) is 5.58. The molecule has 3 aromatic rings. The van der Waals surface area contributed by atoms with E-state index in [4.69, 9.17) is 14.2 Å². The Morgan fingerprint density at radius 3 is 2.31 bits per heavy atom. The van der Waals surface area contributed by atoms with E-state index in [1.54, 1.807) is 6.07 Å². The Hall–Kier alpha value is -2.99. The molecule has 0 heterocycles. The molecule has 0 spiro atoms. The van der Waals surface area contributed by atoms with Gasteiger partial charge < -0.3 is 19.5 Å². The summed E-state index contributed by atoms with van der Waals surface area (Å²) < 4.78 is 18.2. The molecule has 1 N–H and O–H groups in total. The third-order valence-electron chi connectivity index (χ3n) is 4.63. The lowest BCUT2D eigenvalue weighted by Crippen LogP contribution is -2.16. The Balaban J connectivity index is 1.63. The molecule has 0 saturated carbocycles. The Morgan fingerprint density at radius 1 is 0.844 bits per heavy atom. The van der Waals surface area contributed by atoms with Crippen LogP contribution in [0.1, 0.15) is 30.6 Å². The maximum atomic E-state index is 13.1. The van der Waals surface area contributed by atoms with Gasteiger partial charge in [-0.2, -0.15) is 0 Å². The summed E-state index contributed by atoms with van der Waals surface area (Å²) in [7, 11) is 0. The van der Waals surface area contributed by atoms with Gasteiger partial charge >= 0.3 is 0 Å². The van der Waals surface area contributed by atoms with Crippen LogP contribution < -0.4 is 19.5 Å². The average Bonchev–Trinajstić information content (AvgIpc) is 2.79. The summed E-state index contributed by atoms with van der Waals surface area (Å²) in [5, 5.41) is 2.95. The molecule has 0 bridgehead atoms. The van der Waals surface area contributed by atoms with Crippen molar-refractivity contribution in [1.82, 2.24) is 0 Å². The van der Waals surface area contributed by atoms with Gasteiger partial charge in [0.25, 0.3) is 5.91 Å². The molecule has 0 radical (unpaired) electrons. The predicted octanol–water partition coefficient (Wildman–Crippen LogP) is 6.58. The maximum Gasteiger partial charge on any atom is 0.259 e. The van der Waals surface area contributed by atoms with Crippen molar-refractivity contribution in [1.29, 1.82) is 0 Å². The minimum absolute atomic E-state index is 0.262. The van der Waals surface area contributed by atoms with E-state index >= 15 is 0 Å². The molecule has 0 fully saturated rings. The number of ether oxygens (including phenoxy) is 3. The molecule has 0 aromatic heterocycles. The Labute approximate surface area is 197 Å². The van der Waals surface area contributed by atoms with Crippen LogP contribution in [0.15, 0.2) is 77.3 Å². The van der Waals surface area contributed by atoms with Crippen molar-refractivity contribution in [2.45, 2.75) is 20.3 Å².